The first kappa shape index (κ1) is 21.9. The minimum atomic E-state index is -0.474. The van der Waals surface area contributed by atoms with Gasteiger partial charge in [-0.25, -0.2) is 0 Å². The Bertz CT molecular complexity index is 703. The molecule has 2 rings (SSSR count). The summed E-state index contributed by atoms with van der Waals surface area (Å²) >= 11 is 5.11. The molecule has 1 aliphatic rings. The quantitative estimate of drug-likeness (QED) is 0.378. The van der Waals surface area contributed by atoms with Gasteiger partial charge in [0.15, 0.2) is 5.11 Å². The van der Waals surface area contributed by atoms with Crippen LogP contribution in [-0.2, 0) is 0 Å². The largest absolute Gasteiger partial charge is 0.366 e. The average molecular weight is 408 g/mol. The molecule has 0 saturated carbocycles. The lowest BCUT2D eigenvalue weighted by Gasteiger charge is -2.22. The third kappa shape index (κ3) is 6.63. The summed E-state index contributed by atoms with van der Waals surface area (Å²) < 4.78 is 0. The molecule has 1 fully saturated rings. The van der Waals surface area contributed by atoms with Crippen molar-refractivity contribution in [3.63, 3.8) is 0 Å². The lowest BCUT2D eigenvalue weighted by atomic mass is 10.1. The van der Waals surface area contributed by atoms with E-state index in [4.69, 9.17) is 12.2 Å². The van der Waals surface area contributed by atoms with E-state index < -0.39 is 10.8 Å². The van der Waals surface area contributed by atoms with Crippen molar-refractivity contribution in [3.05, 3.63) is 33.9 Å². The molecule has 1 saturated heterocycles. The topological polar surface area (TPSA) is 99.5 Å². The molecule has 28 heavy (non-hydrogen) atoms. The van der Waals surface area contributed by atoms with Gasteiger partial charge in [-0.05, 0) is 49.5 Å². The summed E-state index contributed by atoms with van der Waals surface area (Å²) in [5, 5.41) is 14.9. The molecular formula is C19H29N5O3S. The summed E-state index contributed by atoms with van der Waals surface area (Å²) in [5.41, 5.74) is 5.85. The van der Waals surface area contributed by atoms with Crippen molar-refractivity contribution < 1.29 is 9.72 Å². The molecule has 0 spiro atoms. The van der Waals surface area contributed by atoms with Crippen LogP contribution in [0, 0.1) is 16.0 Å². The summed E-state index contributed by atoms with van der Waals surface area (Å²) in [7, 11) is 0. The van der Waals surface area contributed by atoms with E-state index in [2.05, 4.69) is 30.0 Å². The first-order chi connectivity index (χ1) is 13.4. The molecule has 0 radical (unpaired) electrons. The van der Waals surface area contributed by atoms with Gasteiger partial charge in [-0.2, -0.15) is 0 Å². The van der Waals surface area contributed by atoms with Crippen molar-refractivity contribution in [2.75, 3.05) is 24.5 Å². The molecule has 0 atom stereocenters. The van der Waals surface area contributed by atoms with Crippen LogP contribution in [-0.4, -0.2) is 35.6 Å². The highest BCUT2D eigenvalue weighted by molar-refractivity contribution is 7.80. The van der Waals surface area contributed by atoms with Crippen LogP contribution in [0.4, 0.5) is 11.4 Å². The predicted molar refractivity (Wildman–Crippen MR) is 114 cm³/mol. The Balaban J connectivity index is 2.01. The first-order valence-corrected chi connectivity index (χ1v) is 10.2. The van der Waals surface area contributed by atoms with E-state index in [9.17, 15) is 14.9 Å². The number of nitrogens with zero attached hydrogens (tertiary/aromatic N) is 2. The van der Waals surface area contributed by atoms with E-state index in [1.807, 2.05) is 4.90 Å². The number of thiocarbonyl (C=S) groups is 1. The zero-order valence-corrected chi connectivity index (χ0v) is 17.3. The van der Waals surface area contributed by atoms with E-state index in [0.717, 1.165) is 45.2 Å². The third-order valence-corrected chi connectivity index (χ3v) is 4.92. The maximum atomic E-state index is 12.4. The van der Waals surface area contributed by atoms with Crippen molar-refractivity contribution in [1.29, 1.82) is 0 Å². The molecule has 1 heterocycles. The summed E-state index contributed by atoms with van der Waals surface area (Å²) in [6.07, 6.45) is 5.28. The Morgan fingerprint density at radius 2 is 1.89 bits per heavy atom. The Hall–Kier alpha value is -2.42. The van der Waals surface area contributed by atoms with Gasteiger partial charge in [0.25, 0.3) is 11.6 Å². The van der Waals surface area contributed by atoms with Crippen molar-refractivity contribution in [3.8, 4) is 0 Å². The predicted octanol–water partition coefficient (Wildman–Crippen LogP) is 3.13. The fraction of sp³-hybridized carbons (Fsp3) is 0.579. The van der Waals surface area contributed by atoms with E-state index in [0.29, 0.717) is 23.3 Å². The molecule has 0 aliphatic carbocycles. The maximum Gasteiger partial charge on any atom is 0.293 e. The fourth-order valence-electron chi connectivity index (χ4n) is 3.09. The second-order valence-electron chi connectivity index (χ2n) is 7.38. The van der Waals surface area contributed by atoms with Gasteiger partial charge in [-0.1, -0.05) is 26.7 Å². The number of amides is 1. The lowest BCUT2D eigenvalue weighted by Crippen LogP contribution is -2.47. The standard InChI is InChI=1S/C19H29N5O3S/c1-14(2)9-10-20-19(28)22-21-18(25)15-7-8-16(17(13-15)24(26)27)23-11-5-3-4-6-12-23/h7-8,13-14H,3-6,9-12H2,1-2H3,(H,21,25)(H2,20,22,28). The van der Waals surface area contributed by atoms with Crippen LogP contribution in [0.25, 0.3) is 0 Å². The SMILES string of the molecule is CC(C)CCNC(=S)NNC(=O)c1ccc(N2CCCCCC2)c([N+](=O)[O-])c1. The summed E-state index contributed by atoms with van der Waals surface area (Å²) in [5.74, 6) is 0.0756. The van der Waals surface area contributed by atoms with E-state index in [1.54, 1.807) is 12.1 Å². The van der Waals surface area contributed by atoms with Crippen molar-refractivity contribution in [1.82, 2.24) is 16.2 Å². The number of anilines is 1. The maximum absolute atomic E-state index is 12.4. The fourth-order valence-corrected chi connectivity index (χ4v) is 3.25. The number of nitrogens with one attached hydrogen (secondary N) is 3. The third-order valence-electron chi connectivity index (χ3n) is 4.68. The Labute approximate surface area is 171 Å². The second kappa shape index (κ2) is 10.8. The molecule has 1 aliphatic heterocycles. The normalized spacial score (nSPS) is 14.3. The highest BCUT2D eigenvalue weighted by Gasteiger charge is 2.22. The Morgan fingerprint density at radius 3 is 2.50 bits per heavy atom. The zero-order chi connectivity index (χ0) is 20.5. The highest BCUT2D eigenvalue weighted by atomic mass is 32.1. The van der Waals surface area contributed by atoms with Crippen LogP contribution in [0.2, 0.25) is 0 Å². The molecule has 3 N–H and O–H groups in total. The monoisotopic (exact) mass is 407 g/mol. The number of hydrogen-bond donors (Lipinski definition) is 3. The van der Waals surface area contributed by atoms with Gasteiger partial charge in [0.2, 0.25) is 0 Å². The number of rotatable bonds is 6. The number of hydrogen-bond acceptors (Lipinski definition) is 5. The summed E-state index contributed by atoms with van der Waals surface area (Å²) in [6, 6.07) is 4.60. The van der Waals surface area contributed by atoms with Crippen LogP contribution in [0.1, 0.15) is 56.3 Å². The smallest absolute Gasteiger partial charge is 0.293 e. The summed E-state index contributed by atoms with van der Waals surface area (Å²) in [4.78, 5) is 25.5. The van der Waals surface area contributed by atoms with Gasteiger partial charge in [0.1, 0.15) is 5.69 Å². The molecule has 154 valence electrons. The molecule has 8 nitrogen and oxygen atoms in total. The molecule has 1 aromatic carbocycles. The minimum Gasteiger partial charge on any atom is -0.366 e. The van der Waals surface area contributed by atoms with E-state index in [-0.39, 0.29) is 11.3 Å². The van der Waals surface area contributed by atoms with Crippen LogP contribution >= 0.6 is 12.2 Å². The van der Waals surface area contributed by atoms with Crippen LogP contribution in [0.15, 0.2) is 18.2 Å². The van der Waals surface area contributed by atoms with Crippen molar-refractivity contribution in [2.24, 2.45) is 5.92 Å². The number of benzene rings is 1. The highest BCUT2D eigenvalue weighted by Crippen LogP contribution is 2.31. The van der Waals surface area contributed by atoms with E-state index in [1.165, 1.54) is 6.07 Å². The number of carbonyl (C=O) groups excluding carboxylic acids is 1. The zero-order valence-electron chi connectivity index (χ0n) is 16.5. The van der Waals surface area contributed by atoms with Crippen LogP contribution < -0.4 is 21.1 Å². The Morgan fingerprint density at radius 1 is 1.21 bits per heavy atom. The van der Waals surface area contributed by atoms with Gasteiger partial charge < -0.3 is 10.2 Å². The van der Waals surface area contributed by atoms with E-state index >= 15 is 0 Å². The molecule has 0 aromatic heterocycles. The number of carbonyl (C=O) groups is 1. The lowest BCUT2D eigenvalue weighted by molar-refractivity contribution is -0.384. The van der Waals surface area contributed by atoms with Gasteiger partial charge in [0.05, 0.1) is 4.92 Å². The van der Waals surface area contributed by atoms with Crippen molar-refractivity contribution in [2.45, 2.75) is 46.0 Å². The summed E-state index contributed by atoms with van der Waals surface area (Å²) in [6.45, 7) is 6.52. The van der Waals surface area contributed by atoms with Gasteiger partial charge >= 0.3 is 0 Å². The second-order valence-corrected chi connectivity index (χ2v) is 7.79. The molecule has 1 amide bonds. The van der Waals surface area contributed by atoms with Gasteiger partial charge in [-0.3, -0.25) is 25.8 Å². The van der Waals surface area contributed by atoms with Crippen LogP contribution in [0.3, 0.4) is 0 Å². The van der Waals surface area contributed by atoms with Crippen LogP contribution in [0.5, 0.6) is 0 Å². The molecule has 0 bridgehead atoms. The van der Waals surface area contributed by atoms with Gasteiger partial charge in [-0.15, -0.1) is 0 Å². The Kier molecular flexibility index (Phi) is 8.43. The number of hydrazine groups is 1. The first-order valence-electron chi connectivity index (χ1n) is 9.76. The molecule has 0 unspecified atom stereocenters. The molecular weight excluding hydrogens is 378 g/mol. The average Bonchev–Trinajstić information content (AvgIpc) is 2.94. The number of nitro groups is 1. The van der Waals surface area contributed by atoms with Crippen molar-refractivity contribution >= 4 is 34.6 Å². The number of nitro benzene ring substituents is 1. The van der Waals surface area contributed by atoms with Gasteiger partial charge in [0, 0.05) is 31.3 Å². The molecule has 1 aromatic rings. The minimum absolute atomic E-state index is 0.0489. The molecule has 9 heteroatoms.